The van der Waals surface area contributed by atoms with E-state index >= 15 is 0 Å². The number of rotatable bonds is 1. The molecular formula is C7H7NO2. The molecule has 1 atom stereocenters. The van der Waals surface area contributed by atoms with E-state index in [1.807, 2.05) is 0 Å². The van der Waals surface area contributed by atoms with Crippen LogP contribution in [0.15, 0.2) is 16.5 Å². The van der Waals surface area contributed by atoms with Crippen molar-refractivity contribution in [3.8, 4) is 6.07 Å². The van der Waals surface area contributed by atoms with Crippen molar-refractivity contribution in [1.82, 2.24) is 0 Å². The summed E-state index contributed by atoms with van der Waals surface area (Å²) >= 11 is 0. The Bertz CT molecular complexity index is 259. The van der Waals surface area contributed by atoms with Crippen LogP contribution in [-0.4, -0.2) is 5.11 Å². The maximum atomic E-state index is 8.89. The van der Waals surface area contributed by atoms with Crippen molar-refractivity contribution in [3.63, 3.8) is 0 Å². The van der Waals surface area contributed by atoms with E-state index in [2.05, 4.69) is 0 Å². The van der Waals surface area contributed by atoms with Crippen LogP contribution >= 0.6 is 0 Å². The molecule has 0 amide bonds. The maximum absolute atomic E-state index is 8.89. The second-order valence-electron chi connectivity index (χ2n) is 1.98. The van der Waals surface area contributed by atoms with Crippen molar-refractivity contribution in [2.45, 2.75) is 13.0 Å². The highest BCUT2D eigenvalue weighted by molar-refractivity contribution is 5.12. The average Bonchev–Trinajstić information content (AvgIpc) is 2.34. The van der Waals surface area contributed by atoms with Crippen LogP contribution in [0.1, 0.15) is 17.6 Å². The standard InChI is InChI=1S/C7H7NO2/c1-5-2-3-7(10-5)6(9)4-8/h2-3,6,9H,1H3. The molecule has 0 radical (unpaired) electrons. The summed E-state index contributed by atoms with van der Waals surface area (Å²) in [5.74, 6) is 1.00. The molecule has 0 aliphatic carbocycles. The van der Waals surface area contributed by atoms with Gasteiger partial charge in [-0.1, -0.05) is 0 Å². The third-order valence-corrected chi connectivity index (χ3v) is 1.15. The third-order valence-electron chi connectivity index (χ3n) is 1.15. The van der Waals surface area contributed by atoms with Crippen molar-refractivity contribution in [3.05, 3.63) is 23.7 Å². The molecule has 3 heteroatoms. The number of aryl methyl sites for hydroxylation is 1. The Morgan fingerprint density at radius 3 is 2.80 bits per heavy atom. The van der Waals surface area contributed by atoms with Gasteiger partial charge in [-0.3, -0.25) is 0 Å². The molecule has 1 heterocycles. The van der Waals surface area contributed by atoms with Gasteiger partial charge in [0.2, 0.25) is 0 Å². The lowest BCUT2D eigenvalue weighted by Crippen LogP contribution is -1.88. The lowest BCUT2D eigenvalue weighted by molar-refractivity contribution is 0.202. The fraction of sp³-hybridized carbons (Fsp3) is 0.286. The molecule has 0 fully saturated rings. The monoisotopic (exact) mass is 137 g/mol. The van der Waals surface area contributed by atoms with E-state index in [1.54, 1.807) is 25.1 Å². The Morgan fingerprint density at radius 1 is 1.70 bits per heavy atom. The predicted octanol–water partition coefficient (Wildman–Crippen LogP) is 1.14. The molecule has 0 aliphatic rings. The van der Waals surface area contributed by atoms with Crippen LogP contribution in [0.4, 0.5) is 0 Å². The SMILES string of the molecule is Cc1ccc(C(O)C#N)o1. The molecule has 0 bridgehead atoms. The molecule has 10 heavy (non-hydrogen) atoms. The highest BCUT2D eigenvalue weighted by Gasteiger charge is 2.08. The van der Waals surface area contributed by atoms with Crippen LogP contribution in [0, 0.1) is 18.3 Å². The molecule has 1 aromatic heterocycles. The first-order chi connectivity index (χ1) is 4.74. The Balaban J connectivity index is 2.87. The lowest BCUT2D eigenvalue weighted by Gasteiger charge is -1.92. The molecule has 0 saturated heterocycles. The van der Waals surface area contributed by atoms with Gasteiger partial charge in [0, 0.05) is 0 Å². The number of aliphatic hydroxyl groups excluding tert-OH is 1. The molecule has 52 valence electrons. The number of nitriles is 1. The second kappa shape index (κ2) is 2.54. The molecule has 0 aromatic carbocycles. The van der Waals surface area contributed by atoms with Crippen molar-refractivity contribution >= 4 is 0 Å². The number of aliphatic hydroxyl groups is 1. The third kappa shape index (κ3) is 1.17. The fourth-order valence-corrected chi connectivity index (χ4v) is 0.664. The van der Waals surface area contributed by atoms with E-state index in [-0.39, 0.29) is 0 Å². The Morgan fingerprint density at radius 2 is 2.40 bits per heavy atom. The van der Waals surface area contributed by atoms with Gasteiger partial charge in [0.15, 0.2) is 6.10 Å². The number of nitrogens with zero attached hydrogens (tertiary/aromatic N) is 1. The molecule has 1 rings (SSSR count). The Hall–Kier alpha value is -1.27. The first-order valence-electron chi connectivity index (χ1n) is 2.88. The highest BCUT2D eigenvalue weighted by Crippen LogP contribution is 2.14. The summed E-state index contributed by atoms with van der Waals surface area (Å²) in [5.41, 5.74) is 0. The topological polar surface area (TPSA) is 57.2 Å². The van der Waals surface area contributed by atoms with E-state index < -0.39 is 6.10 Å². The molecular weight excluding hydrogens is 130 g/mol. The van der Waals surface area contributed by atoms with E-state index in [0.717, 1.165) is 0 Å². The van der Waals surface area contributed by atoms with E-state index in [9.17, 15) is 0 Å². The molecule has 1 N–H and O–H groups in total. The van der Waals surface area contributed by atoms with Gasteiger partial charge in [-0.15, -0.1) is 0 Å². The van der Waals surface area contributed by atoms with Crippen LogP contribution in [0.25, 0.3) is 0 Å². The lowest BCUT2D eigenvalue weighted by atomic mass is 10.3. The number of furan rings is 1. The molecule has 0 aliphatic heterocycles. The zero-order chi connectivity index (χ0) is 7.56. The minimum absolute atomic E-state index is 0.306. The maximum Gasteiger partial charge on any atom is 0.198 e. The largest absolute Gasteiger partial charge is 0.462 e. The van der Waals surface area contributed by atoms with Gasteiger partial charge in [0.1, 0.15) is 17.6 Å². The first-order valence-corrected chi connectivity index (χ1v) is 2.88. The van der Waals surface area contributed by atoms with Crippen LogP contribution in [0.2, 0.25) is 0 Å². The van der Waals surface area contributed by atoms with Crippen LogP contribution in [-0.2, 0) is 0 Å². The van der Waals surface area contributed by atoms with Gasteiger partial charge in [0.25, 0.3) is 0 Å². The van der Waals surface area contributed by atoms with Gasteiger partial charge in [0.05, 0.1) is 0 Å². The average molecular weight is 137 g/mol. The predicted molar refractivity (Wildman–Crippen MR) is 34.0 cm³/mol. The van der Waals surface area contributed by atoms with Crippen molar-refractivity contribution in [2.24, 2.45) is 0 Å². The smallest absolute Gasteiger partial charge is 0.198 e. The Kier molecular flexibility index (Phi) is 1.74. The Labute approximate surface area is 58.5 Å². The van der Waals surface area contributed by atoms with Crippen molar-refractivity contribution < 1.29 is 9.52 Å². The van der Waals surface area contributed by atoms with Crippen molar-refractivity contribution in [1.29, 1.82) is 5.26 Å². The minimum atomic E-state index is -1.13. The summed E-state index contributed by atoms with van der Waals surface area (Å²) in [6, 6.07) is 4.95. The van der Waals surface area contributed by atoms with E-state index in [0.29, 0.717) is 11.5 Å². The molecule has 0 saturated carbocycles. The zero-order valence-corrected chi connectivity index (χ0v) is 5.53. The fourth-order valence-electron chi connectivity index (χ4n) is 0.664. The van der Waals surface area contributed by atoms with Gasteiger partial charge in [-0.05, 0) is 19.1 Å². The molecule has 0 spiro atoms. The van der Waals surface area contributed by atoms with E-state index in [4.69, 9.17) is 14.8 Å². The number of hydrogen-bond acceptors (Lipinski definition) is 3. The van der Waals surface area contributed by atoms with Crippen LogP contribution in [0.3, 0.4) is 0 Å². The summed E-state index contributed by atoms with van der Waals surface area (Å²) in [6.07, 6.45) is -1.13. The second-order valence-corrected chi connectivity index (χ2v) is 1.98. The normalized spacial score (nSPS) is 12.5. The van der Waals surface area contributed by atoms with Gasteiger partial charge in [-0.25, -0.2) is 0 Å². The molecule has 1 aromatic rings. The molecule has 3 nitrogen and oxygen atoms in total. The van der Waals surface area contributed by atoms with Crippen LogP contribution in [0.5, 0.6) is 0 Å². The summed E-state index contributed by atoms with van der Waals surface area (Å²) < 4.78 is 4.96. The molecule has 1 unspecified atom stereocenters. The highest BCUT2D eigenvalue weighted by atomic mass is 16.4. The van der Waals surface area contributed by atoms with Crippen molar-refractivity contribution in [2.75, 3.05) is 0 Å². The summed E-state index contributed by atoms with van der Waals surface area (Å²) in [4.78, 5) is 0. The quantitative estimate of drug-likeness (QED) is 0.590. The summed E-state index contributed by atoms with van der Waals surface area (Å²) in [5, 5.41) is 17.1. The van der Waals surface area contributed by atoms with Crippen LogP contribution < -0.4 is 0 Å². The first kappa shape index (κ1) is 6.84. The van der Waals surface area contributed by atoms with E-state index in [1.165, 1.54) is 0 Å². The van der Waals surface area contributed by atoms with Gasteiger partial charge >= 0.3 is 0 Å². The number of hydrogen-bond donors (Lipinski definition) is 1. The summed E-state index contributed by atoms with van der Waals surface area (Å²) in [6.45, 7) is 1.76. The van der Waals surface area contributed by atoms with Gasteiger partial charge in [-0.2, -0.15) is 5.26 Å². The minimum Gasteiger partial charge on any atom is -0.462 e. The van der Waals surface area contributed by atoms with Gasteiger partial charge < -0.3 is 9.52 Å². The summed E-state index contributed by atoms with van der Waals surface area (Å²) in [7, 11) is 0. The zero-order valence-electron chi connectivity index (χ0n) is 5.53.